The van der Waals surface area contributed by atoms with Crippen molar-refractivity contribution in [1.82, 2.24) is 30.3 Å². The first kappa shape index (κ1) is 20.5. The SMILES string of the molecule is O=C(c1cnc(NC2Cc3ccc(F)cc3C2)nc1)N1CCC(OCc2cn[nH]n2)CC1. The third kappa shape index (κ3) is 4.59. The highest BCUT2D eigenvalue weighted by atomic mass is 19.1. The number of nitrogens with zero attached hydrogens (tertiary/aromatic N) is 5. The lowest BCUT2D eigenvalue weighted by molar-refractivity contribution is -0.00164. The van der Waals surface area contributed by atoms with E-state index in [-0.39, 0.29) is 23.9 Å². The number of rotatable bonds is 6. The Bertz CT molecular complexity index is 1070. The molecule has 3 aromatic rings. The van der Waals surface area contributed by atoms with Gasteiger partial charge in [0.2, 0.25) is 5.95 Å². The maximum absolute atomic E-state index is 13.4. The molecule has 2 aromatic heterocycles. The monoisotopic (exact) mass is 437 g/mol. The Morgan fingerprint density at radius 2 is 1.94 bits per heavy atom. The number of hydrogen-bond donors (Lipinski definition) is 2. The van der Waals surface area contributed by atoms with Crippen LogP contribution in [-0.4, -0.2) is 61.4 Å². The van der Waals surface area contributed by atoms with Gasteiger partial charge in [-0.25, -0.2) is 14.4 Å². The molecule has 1 aliphatic heterocycles. The number of anilines is 1. The number of H-pyrrole nitrogens is 1. The van der Waals surface area contributed by atoms with Crippen molar-refractivity contribution in [3.8, 4) is 0 Å². The van der Waals surface area contributed by atoms with Crippen molar-refractivity contribution in [2.45, 2.75) is 44.4 Å². The van der Waals surface area contributed by atoms with Gasteiger partial charge in [0.25, 0.3) is 5.91 Å². The number of aromatic nitrogens is 5. The third-order valence-electron chi connectivity index (χ3n) is 5.99. The zero-order chi connectivity index (χ0) is 21.9. The second-order valence-electron chi connectivity index (χ2n) is 8.22. The molecule has 1 amide bonds. The summed E-state index contributed by atoms with van der Waals surface area (Å²) in [6.07, 6.45) is 7.93. The van der Waals surface area contributed by atoms with Crippen molar-refractivity contribution < 1.29 is 13.9 Å². The summed E-state index contributed by atoms with van der Waals surface area (Å²) in [4.78, 5) is 23.3. The highest BCUT2D eigenvalue weighted by molar-refractivity contribution is 5.93. The Morgan fingerprint density at radius 3 is 2.69 bits per heavy atom. The second kappa shape index (κ2) is 8.99. The van der Waals surface area contributed by atoms with Crippen LogP contribution in [0.3, 0.4) is 0 Å². The molecular formula is C22H24FN7O2. The quantitative estimate of drug-likeness (QED) is 0.608. The molecule has 1 unspecified atom stereocenters. The molecule has 3 heterocycles. The normalized spacial score (nSPS) is 18.5. The fraction of sp³-hybridized carbons (Fsp3) is 0.409. The van der Waals surface area contributed by atoms with Crippen LogP contribution in [0.2, 0.25) is 0 Å². The summed E-state index contributed by atoms with van der Waals surface area (Å²) in [6, 6.07) is 5.02. The van der Waals surface area contributed by atoms with E-state index in [0.717, 1.165) is 42.5 Å². The van der Waals surface area contributed by atoms with Gasteiger partial charge in [-0.3, -0.25) is 4.79 Å². The van der Waals surface area contributed by atoms with E-state index >= 15 is 0 Å². The molecule has 1 aromatic carbocycles. The van der Waals surface area contributed by atoms with Crippen LogP contribution in [0.15, 0.2) is 36.8 Å². The minimum absolute atomic E-state index is 0.0738. The smallest absolute Gasteiger partial charge is 0.256 e. The zero-order valence-electron chi connectivity index (χ0n) is 17.5. The van der Waals surface area contributed by atoms with Gasteiger partial charge < -0.3 is 15.0 Å². The predicted molar refractivity (Wildman–Crippen MR) is 113 cm³/mol. The molecule has 0 bridgehead atoms. The van der Waals surface area contributed by atoms with Gasteiger partial charge in [0, 0.05) is 31.5 Å². The van der Waals surface area contributed by atoms with Gasteiger partial charge in [-0.1, -0.05) is 6.07 Å². The van der Waals surface area contributed by atoms with Crippen LogP contribution < -0.4 is 5.32 Å². The minimum atomic E-state index is -0.214. The average Bonchev–Trinajstić information content (AvgIpc) is 3.47. The predicted octanol–water partition coefficient (Wildman–Crippen LogP) is 2.13. The van der Waals surface area contributed by atoms with Crippen LogP contribution in [0.25, 0.3) is 0 Å². The lowest BCUT2D eigenvalue weighted by atomic mass is 10.1. The van der Waals surface area contributed by atoms with E-state index < -0.39 is 0 Å². The van der Waals surface area contributed by atoms with Gasteiger partial charge in [0.1, 0.15) is 11.5 Å². The summed E-state index contributed by atoms with van der Waals surface area (Å²) >= 11 is 0. The number of ether oxygens (including phenoxy) is 1. The van der Waals surface area contributed by atoms with Gasteiger partial charge in [-0.05, 0) is 48.9 Å². The molecule has 166 valence electrons. The van der Waals surface area contributed by atoms with Gasteiger partial charge in [-0.15, -0.1) is 0 Å². The Balaban J connectivity index is 1.11. The van der Waals surface area contributed by atoms with Gasteiger partial charge >= 0.3 is 0 Å². The standard InChI is InChI=1S/C22H24FN7O2/c23-17-2-1-14-8-18(9-15(14)7-17)27-22-24-10-16(11-25-22)21(31)30-5-3-20(4-6-30)32-13-19-12-26-29-28-19/h1-2,7,10-12,18,20H,3-6,8-9,13H2,(H,24,25,27)(H,26,28,29). The number of halogens is 1. The molecule has 1 aliphatic carbocycles. The number of benzene rings is 1. The van der Waals surface area contributed by atoms with E-state index in [0.29, 0.717) is 31.2 Å². The molecule has 0 spiro atoms. The van der Waals surface area contributed by atoms with Gasteiger partial charge in [-0.2, -0.15) is 15.4 Å². The zero-order valence-corrected chi connectivity index (χ0v) is 17.5. The van der Waals surface area contributed by atoms with Crippen LogP contribution in [0, 0.1) is 5.82 Å². The topological polar surface area (TPSA) is 109 Å². The first-order valence-electron chi connectivity index (χ1n) is 10.8. The lowest BCUT2D eigenvalue weighted by Crippen LogP contribution is -2.41. The van der Waals surface area contributed by atoms with E-state index in [9.17, 15) is 9.18 Å². The van der Waals surface area contributed by atoms with E-state index in [2.05, 4.69) is 30.7 Å². The summed E-state index contributed by atoms with van der Waals surface area (Å²) in [5.41, 5.74) is 3.39. The number of carbonyl (C=O) groups excluding carboxylic acids is 1. The van der Waals surface area contributed by atoms with Gasteiger partial charge in [0.15, 0.2) is 0 Å². The van der Waals surface area contributed by atoms with Crippen LogP contribution in [0.5, 0.6) is 0 Å². The Kier molecular flexibility index (Phi) is 5.76. The molecule has 0 radical (unpaired) electrons. The number of nitrogens with one attached hydrogen (secondary N) is 2. The first-order chi connectivity index (χ1) is 15.6. The largest absolute Gasteiger partial charge is 0.372 e. The van der Waals surface area contributed by atoms with E-state index in [4.69, 9.17) is 4.74 Å². The maximum atomic E-state index is 13.4. The van der Waals surface area contributed by atoms with E-state index in [1.807, 2.05) is 11.0 Å². The number of carbonyl (C=O) groups is 1. The minimum Gasteiger partial charge on any atom is -0.372 e. The second-order valence-corrected chi connectivity index (χ2v) is 8.22. The van der Waals surface area contributed by atoms with Crippen LogP contribution >= 0.6 is 0 Å². The van der Waals surface area contributed by atoms with Gasteiger partial charge in [0.05, 0.1) is 24.5 Å². The molecule has 1 atom stereocenters. The Hall–Kier alpha value is -3.40. The number of hydrogen-bond acceptors (Lipinski definition) is 7. The van der Waals surface area contributed by atoms with E-state index in [1.165, 1.54) is 6.07 Å². The number of piperidine rings is 1. The third-order valence-corrected chi connectivity index (χ3v) is 5.99. The molecule has 1 fully saturated rings. The number of fused-ring (bicyclic) bond motifs is 1. The van der Waals surface area contributed by atoms with Crippen LogP contribution in [-0.2, 0) is 24.2 Å². The molecule has 0 saturated carbocycles. The van der Waals surface area contributed by atoms with Crippen LogP contribution in [0.4, 0.5) is 10.3 Å². The fourth-order valence-corrected chi connectivity index (χ4v) is 4.29. The summed E-state index contributed by atoms with van der Waals surface area (Å²) in [7, 11) is 0. The number of likely N-dealkylation sites (tertiary alicyclic amines) is 1. The molecule has 10 heteroatoms. The van der Waals surface area contributed by atoms with Crippen molar-refractivity contribution in [3.05, 3.63) is 65.0 Å². The molecular weight excluding hydrogens is 413 g/mol. The molecule has 9 nitrogen and oxygen atoms in total. The highest BCUT2D eigenvalue weighted by Gasteiger charge is 2.25. The molecule has 32 heavy (non-hydrogen) atoms. The van der Waals surface area contributed by atoms with Crippen molar-refractivity contribution in [1.29, 1.82) is 0 Å². The Morgan fingerprint density at radius 1 is 1.16 bits per heavy atom. The highest BCUT2D eigenvalue weighted by Crippen LogP contribution is 2.25. The fourth-order valence-electron chi connectivity index (χ4n) is 4.29. The van der Waals surface area contributed by atoms with Crippen molar-refractivity contribution in [2.75, 3.05) is 18.4 Å². The summed E-state index contributed by atoms with van der Waals surface area (Å²) < 4.78 is 19.3. The molecule has 1 saturated heterocycles. The van der Waals surface area contributed by atoms with E-state index in [1.54, 1.807) is 24.7 Å². The average molecular weight is 437 g/mol. The molecule has 2 N–H and O–H groups in total. The van der Waals surface area contributed by atoms with Crippen molar-refractivity contribution in [3.63, 3.8) is 0 Å². The Labute approximate surface area is 184 Å². The van der Waals surface area contributed by atoms with Crippen molar-refractivity contribution >= 4 is 11.9 Å². The number of aromatic amines is 1. The van der Waals surface area contributed by atoms with Crippen molar-refractivity contribution in [2.24, 2.45) is 0 Å². The first-order valence-corrected chi connectivity index (χ1v) is 10.8. The molecule has 5 rings (SSSR count). The molecule has 2 aliphatic rings. The van der Waals surface area contributed by atoms with Crippen LogP contribution in [0.1, 0.15) is 40.0 Å². The summed E-state index contributed by atoms with van der Waals surface area (Å²) in [5.74, 6) is 0.184. The maximum Gasteiger partial charge on any atom is 0.256 e. The lowest BCUT2D eigenvalue weighted by Gasteiger charge is -2.31. The number of amides is 1. The summed E-state index contributed by atoms with van der Waals surface area (Å²) in [5, 5.41) is 13.6. The summed E-state index contributed by atoms with van der Waals surface area (Å²) in [6.45, 7) is 1.66.